The van der Waals surface area contributed by atoms with E-state index < -0.39 is 0 Å². The van der Waals surface area contributed by atoms with Crippen molar-refractivity contribution < 1.29 is 9.53 Å². The van der Waals surface area contributed by atoms with Crippen LogP contribution in [0.1, 0.15) is 35.7 Å². The average Bonchev–Trinajstić information content (AvgIpc) is 2.63. The van der Waals surface area contributed by atoms with Gasteiger partial charge in [0, 0.05) is 18.7 Å². The van der Waals surface area contributed by atoms with E-state index in [1.54, 1.807) is 12.4 Å². The number of carbonyl (C=O) groups is 1. The van der Waals surface area contributed by atoms with Crippen LogP contribution in [0.25, 0.3) is 0 Å². The van der Waals surface area contributed by atoms with Gasteiger partial charge in [-0.05, 0) is 23.6 Å². The molecular formula is C18H22N4O2. The van der Waals surface area contributed by atoms with Gasteiger partial charge in [0.05, 0.1) is 31.3 Å². The summed E-state index contributed by atoms with van der Waals surface area (Å²) in [6, 6.07) is 7.65. The van der Waals surface area contributed by atoms with Gasteiger partial charge in [0.15, 0.2) is 0 Å². The number of rotatable bonds is 4. The molecule has 0 saturated carbocycles. The zero-order valence-electron chi connectivity index (χ0n) is 14.0. The third kappa shape index (κ3) is 3.89. The number of morpholine rings is 1. The van der Waals surface area contributed by atoms with Crippen LogP contribution < -0.4 is 10.2 Å². The van der Waals surface area contributed by atoms with Gasteiger partial charge >= 0.3 is 0 Å². The number of ether oxygens (including phenoxy) is 1. The fourth-order valence-electron chi connectivity index (χ4n) is 2.54. The number of anilines is 2. The first-order chi connectivity index (χ1) is 11.6. The molecule has 0 unspecified atom stereocenters. The number of aromatic nitrogens is 2. The van der Waals surface area contributed by atoms with Crippen LogP contribution in [0.3, 0.4) is 0 Å². The Morgan fingerprint density at radius 2 is 1.75 bits per heavy atom. The van der Waals surface area contributed by atoms with Crippen molar-refractivity contribution in [3.05, 3.63) is 47.8 Å². The SMILES string of the molecule is CC(C)c1ccc(C(=O)Nc2cnc(N3CCOCC3)nc2)cc1. The highest BCUT2D eigenvalue weighted by molar-refractivity contribution is 6.04. The van der Waals surface area contributed by atoms with Crippen LogP contribution in [0.4, 0.5) is 11.6 Å². The van der Waals surface area contributed by atoms with E-state index in [-0.39, 0.29) is 5.91 Å². The smallest absolute Gasteiger partial charge is 0.255 e. The van der Waals surface area contributed by atoms with Crippen molar-refractivity contribution in [1.29, 1.82) is 0 Å². The highest BCUT2D eigenvalue weighted by atomic mass is 16.5. The Kier molecular flexibility index (Phi) is 5.05. The Labute approximate surface area is 141 Å². The average molecular weight is 326 g/mol. The van der Waals surface area contributed by atoms with Crippen LogP contribution in [-0.4, -0.2) is 42.2 Å². The Morgan fingerprint density at radius 1 is 1.12 bits per heavy atom. The Bertz CT molecular complexity index is 677. The normalized spacial score (nSPS) is 14.7. The molecule has 0 radical (unpaired) electrons. The minimum Gasteiger partial charge on any atom is -0.378 e. The van der Waals surface area contributed by atoms with E-state index in [0.29, 0.717) is 36.3 Å². The molecule has 1 N–H and O–H groups in total. The van der Waals surface area contributed by atoms with Crippen LogP contribution in [0, 0.1) is 0 Å². The van der Waals surface area contributed by atoms with Gasteiger partial charge in [0.25, 0.3) is 5.91 Å². The number of hydrogen-bond acceptors (Lipinski definition) is 5. The maximum Gasteiger partial charge on any atom is 0.255 e. The first-order valence-electron chi connectivity index (χ1n) is 8.19. The van der Waals surface area contributed by atoms with E-state index in [4.69, 9.17) is 4.74 Å². The van der Waals surface area contributed by atoms with Gasteiger partial charge in [-0.2, -0.15) is 0 Å². The molecule has 1 aromatic heterocycles. The van der Waals surface area contributed by atoms with Crippen molar-refractivity contribution in [2.75, 3.05) is 36.5 Å². The summed E-state index contributed by atoms with van der Waals surface area (Å²) in [5, 5.41) is 2.83. The van der Waals surface area contributed by atoms with Crippen LogP contribution in [0.5, 0.6) is 0 Å². The quantitative estimate of drug-likeness (QED) is 0.935. The number of amides is 1. The van der Waals surface area contributed by atoms with E-state index in [1.165, 1.54) is 5.56 Å². The van der Waals surface area contributed by atoms with Gasteiger partial charge in [-0.25, -0.2) is 9.97 Å². The summed E-state index contributed by atoms with van der Waals surface area (Å²) in [7, 11) is 0. The zero-order valence-corrected chi connectivity index (χ0v) is 14.0. The molecule has 2 heterocycles. The summed E-state index contributed by atoms with van der Waals surface area (Å²) in [5.74, 6) is 0.953. The number of hydrogen-bond donors (Lipinski definition) is 1. The number of benzene rings is 1. The molecule has 126 valence electrons. The molecule has 1 saturated heterocycles. The lowest BCUT2D eigenvalue weighted by Crippen LogP contribution is -2.37. The van der Waals surface area contributed by atoms with E-state index in [9.17, 15) is 4.79 Å². The third-order valence-electron chi connectivity index (χ3n) is 4.03. The standard InChI is InChI=1S/C18H22N4O2/c1-13(2)14-3-5-15(6-4-14)17(23)21-16-11-19-18(20-12-16)22-7-9-24-10-8-22/h3-6,11-13H,7-10H2,1-2H3,(H,21,23). The summed E-state index contributed by atoms with van der Waals surface area (Å²) < 4.78 is 5.32. The van der Waals surface area contributed by atoms with E-state index in [2.05, 4.69) is 34.0 Å². The molecule has 0 aliphatic carbocycles. The Morgan fingerprint density at radius 3 is 2.33 bits per heavy atom. The number of nitrogens with zero attached hydrogens (tertiary/aromatic N) is 3. The van der Waals surface area contributed by atoms with Crippen molar-refractivity contribution in [3.63, 3.8) is 0 Å². The summed E-state index contributed by atoms with van der Waals surface area (Å²) in [6.07, 6.45) is 3.27. The molecule has 24 heavy (non-hydrogen) atoms. The second kappa shape index (κ2) is 7.40. The molecule has 1 fully saturated rings. The van der Waals surface area contributed by atoms with Crippen molar-refractivity contribution in [2.24, 2.45) is 0 Å². The topological polar surface area (TPSA) is 67.4 Å². The van der Waals surface area contributed by atoms with Crippen LogP contribution in [0.2, 0.25) is 0 Å². The number of carbonyl (C=O) groups excluding carboxylic acids is 1. The second-order valence-electron chi connectivity index (χ2n) is 6.10. The largest absolute Gasteiger partial charge is 0.378 e. The lowest BCUT2D eigenvalue weighted by Gasteiger charge is -2.26. The fraction of sp³-hybridized carbons (Fsp3) is 0.389. The fourth-order valence-corrected chi connectivity index (χ4v) is 2.54. The molecule has 1 aromatic carbocycles. The molecule has 1 aliphatic heterocycles. The molecule has 0 bridgehead atoms. The molecule has 0 spiro atoms. The van der Waals surface area contributed by atoms with Gasteiger partial charge < -0.3 is 15.0 Å². The van der Waals surface area contributed by atoms with Crippen molar-refractivity contribution in [2.45, 2.75) is 19.8 Å². The third-order valence-corrected chi connectivity index (χ3v) is 4.03. The Balaban J connectivity index is 1.63. The van der Waals surface area contributed by atoms with Crippen LogP contribution in [0.15, 0.2) is 36.7 Å². The maximum atomic E-state index is 12.3. The minimum absolute atomic E-state index is 0.159. The van der Waals surface area contributed by atoms with Gasteiger partial charge in [-0.3, -0.25) is 4.79 Å². The first kappa shape index (κ1) is 16.4. The van der Waals surface area contributed by atoms with Gasteiger partial charge in [-0.1, -0.05) is 26.0 Å². The van der Waals surface area contributed by atoms with Crippen molar-refractivity contribution in [3.8, 4) is 0 Å². The lowest BCUT2D eigenvalue weighted by molar-refractivity contribution is 0.102. The lowest BCUT2D eigenvalue weighted by atomic mass is 10.0. The highest BCUT2D eigenvalue weighted by Gasteiger charge is 2.14. The molecule has 6 heteroatoms. The van der Waals surface area contributed by atoms with Crippen LogP contribution >= 0.6 is 0 Å². The van der Waals surface area contributed by atoms with Crippen molar-refractivity contribution in [1.82, 2.24) is 9.97 Å². The number of nitrogens with one attached hydrogen (secondary N) is 1. The Hall–Kier alpha value is -2.47. The predicted octanol–water partition coefficient (Wildman–Crippen LogP) is 2.69. The predicted molar refractivity (Wildman–Crippen MR) is 93.5 cm³/mol. The van der Waals surface area contributed by atoms with Crippen molar-refractivity contribution >= 4 is 17.5 Å². The summed E-state index contributed by atoms with van der Waals surface area (Å²) in [4.78, 5) is 23.0. The van der Waals surface area contributed by atoms with Crippen LogP contribution in [-0.2, 0) is 4.74 Å². The molecule has 2 aromatic rings. The van der Waals surface area contributed by atoms with E-state index in [1.807, 2.05) is 24.3 Å². The molecule has 1 aliphatic rings. The minimum atomic E-state index is -0.159. The summed E-state index contributed by atoms with van der Waals surface area (Å²) >= 11 is 0. The molecule has 6 nitrogen and oxygen atoms in total. The van der Waals surface area contributed by atoms with Gasteiger partial charge in [0.1, 0.15) is 0 Å². The first-order valence-corrected chi connectivity index (χ1v) is 8.19. The monoisotopic (exact) mass is 326 g/mol. The van der Waals surface area contributed by atoms with Gasteiger partial charge in [0.2, 0.25) is 5.95 Å². The maximum absolute atomic E-state index is 12.3. The molecule has 0 atom stereocenters. The van der Waals surface area contributed by atoms with E-state index in [0.717, 1.165) is 13.1 Å². The highest BCUT2D eigenvalue weighted by Crippen LogP contribution is 2.16. The second-order valence-corrected chi connectivity index (χ2v) is 6.10. The summed E-state index contributed by atoms with van der Waals surface area (Å²) in [6.45, 7) is 7.20. The zero-order chi connectivity index (χ0) is 16.9. The van der Waals surface area contributed by atoms with E-state index >= 15 is 0 Å². The molecule has 3 rings (SSSR count). The molecule has 1 amide bonds. The summed E-state index contributed by atoms with van der Waals surface area (Å²) in [5.41, 5.74) is 2.42. The molecular weight excluding hydrogens is 304 g/mol. The van der Waals surface area contributed by atoms with Gasteiger partial charge in [-0.15, -0.1) is 0 Å².